The van der Waals surface area contributed by atoms with Crippen LogP contribution in [-0.4, -0.2) is 19.6 Å². The van der Waals surface area contributed by atoms with Crippen molar-refractivity contribution in [2.75, 3.05) is 19.0 Å². The van der Waals surface area contributed by atoms with Crippen molar-refractivity contribution in [2.45, 2.75) is 13.3 Å². The number of carbonyl (C=O) groups is 1. The van der Waals surface area contributed by atoms with E-state index in [1.54, 1.807) is 13.2 Å². The van der Waals surface area contributed by atoms with E-state index in [0.29, 0.717) is 23.6 Å². The SMILES string of the molecule is COCCc1cccc2oc(C(=O)Nc3c[c]ccc3-c3ccccc3)c(C)c12. The molecule has 4 rings (SSSR count). The van der Waals surface area contributed by atoms with Gasteiger partial charge >= 0.3 is 0 Å². The Labute approximate surface area is 170 Å². The number of hydrogen-bond acceptors (Lipinski definition) is 3. The minimum absolute atomic E-state index is 0.270. The molecule has 0 aliphatic rings. The highest BCUT2D eigenvalue weighted by Crippen LogP contribution is 2.31. The Morgan fingerprint density at radius 3 is 2.72 bits per heavy atom. The molecule has 1 amide bonds. The van der Waals surface area contributed by atoms with Gasteiger partial charge in [-0.05, 0) is 42.7 Å². The van der Waals surface area contributed by atoms with Gasteiger partial charge in [-0.2, -0.15) is 0 Å². The first kappa shape index (κ1) is 19.0. The standard InChI is InChI=1S/C25H22NO3/c1-17-23-19(15-16-28-2)11-8-14-22(23)29-24(17)25(27)26-21-13-7-6-12-20(21)18-9-4-3-5-10-18/h3-6,8-14H,15-16H2,1-2H3,(H,26,27). The van der Waals surface area contributed by atoms with Gasteiger partial charge in [0.1, 0.15) is 5.58 Å². The Kier molecular flexibility index (Phi) is 5.45. The number of ether oxygens (including phenoxy) is 1. The second-order valence-electron chi connectivity index (χ2n) is 6.88. The van der Waals surface area contributed by atoms with Gasteiger partial charge in [0, 0.05) is 29.3 Å². The number of aryl methyl sites for hydroxylation is 1. The fourth-order valence-electron chi connectivity index (χ4n) is 3.61. The van der Waals surface area contributed by atoms with Crippen LogP contribution in [0.2, 0.25) is 0 Å². The molecule has 0 aliphatic carbocycles. The van der Waals surface area contributed by atoms with Gasteiger partial charge in [0.05, 0.1) is 6.61 Å². The van der Waals surface area contributed by atoms with Crippen molar-refractivity contribution in [2.24, 2.45) is 0 Å². The molecule has 3 aromatic carbocycles. The van der Waals surface area contributed by atoms with Crippen LogP contribution in [0.25, 0.3) is 22.1 Å². The van der Waals surface area contributed by atoms with Gasteiger partial charge in [-0.3, -0.25) is 4.79 Å². The molecule has 0 spiro atoms. The van der Waals surface area contributed by atoms with E-state index in [9.17, 15) is 4.79 Å². The summed E-state index contributed by atoms with van der Waals surface area (Å²) in [6.45, 7) is 2.54. The third-order valence-corrected chi connectivity index (χ3v) is 5.02. The predicted molar refractivity (Wildman–Crippen MR) is 115 cm³/mol. The van der Waals surface area contributed by atoms with Crippen LogP contribution < -0.4 is 5.32 Å². The lowest BCUT2D eigenvalue weighted by Crippen LogP contribution is -2.13. The molecule has 0 saturated carbocycles. The molecule has 0 saturated heterocycles. The minimum Gasteiger partial charge on any atom is -0.451 e. The summed E-state index contributed by atoms with van der Waals surface area (Å²) in [4.78, 5) is 13.1. The highest BCUT2D eigenvalue weighted by Gasteiger charge is 2.20. The molecule has 1 heterocycles. The summed E-state index contributed by atoms with van der Waals surface area (Å²) < 4.78 is 11.1. The van der Waals surface area contributed by atoms with Crippen molar-refractivity contribution in [3.05, 3.63) is 89.7 Å². The number of fused-ring (bicyclic) bond motifs is 1. The van der Waals surface area contributed by atoms with Crippen LogP contribution in [0.15, 0.2) is 71.1 Å². The van der Waals surface area contributed by atoms with Gasteiger partial charge in [0.15, 0.2) is 5.76 Å². The Bertz CT molecular complexity index is 1150. The Morgan fingerprint density at radius 2 is 1.93 bits per heavy atom. The number of amides is 1. The van der Waals surface area contributed by atoms with E-state index in [0.717, 1.165) is 34.1 Å². The monoisotopic (exact) mass is 384 g/mol. The van der Waals surface area contributed by atoms with Crippen molar-refractivity contribution >= 4 is 22.6 Å². The van der Waals surface area contributed by atoms with Crippen LogP contribution >= 0.6 is 0 Å². The Balaban J connectivity index is 1.68. The van der Waals surface area contributed by atoms with E-state index in [2.05, 4.69) is 11.4 Å². The van der Waals surface area contributed by atoms with Gasteiger partial charge in [-0.25, -0.2) is 0 Å². The van der Waals surface area contributed by atoms with Crippen LogP contribution in [0.5, 0.6) is 0 Å². The van der Waals surface area contributed by atoms with E-state index in [1.165, 1.54) is 0 Å². The van der Waals surface area contributed by atoms with Crippen LogP contribution in [0.1, 0.15) is 21.7 Å². The predicted octanol–water partition coefficient (Wildman–Crippen LogP) is 5.65. The summed E-state index contributed by atoms with van der Waals surface area (Å²) in [6.07, 6.45) is 0.765. The molecule has 0 atom stereocenters. The van der Waals surface area contributed by atoms with E-state index < -0.39 is 0 Å². The van der Waals surface area contributed by atoms with E-state index >= 15 is 0 Å². The molecule has 145 valence electrons. The Morgan fingerprint density at radius 1 is 1.10 bits per heavy atom. The van der Waals surface area contributed by atoms with Crippen molar-refractivity contribution in [1.82, 2.24) is 0 Å². The largest absolute Gasteiger partial charge is 0.451 e. The van der Waals surface area contributed by atoms with Crippen LogP contribution in [0.4, 0.5) is 5.69 Å². The molecular weight excluding hydrogens is 362 g/mol. The lowest BCUT2D eigenvalue weighted by atomic mass is 10.0. The maximum Gasteiger partial charge on any atom is 0.291 e. The van der Waals surface area contributed by atoms with Crippen LogP contribution in [-0.2, 0) is 11.2 Å². The molecule has 0 fully saturated rings. The van der Waals surface area contributed by atoms with Crippen molar-refractivity contribution < 1.29 is 13.9 Å². The van der Waals surface area contributed by atoms with Gasteiger partial charge < -0.3 is 14.5 Å². The molecule has 29 heavy (non-hydrogen) atoms. The number of benzene rings is 3. The van der Waals surface area contributed by atoms with E-state index in [4.69, 9.17) is 9.15 Å². The maximum absolute atomic E-state index is 13.1. The van der Waals surface area contributed by atoms with Crippen LogP contribution in [0, 0.1) is 13.0 Å². The summed E-state index contributed by atoms with van der Waals surface area (Å²) in [6, 6.07) is 24.4. The maximum atomic E-state index is 13.1. The highest BCUT2D eigenvalue weighted by atomic mass is 16.5. The number of rotatable bonds is 6. The topological polar surface area (TPSA) is 51.5 Å². The van der Waals surface area contributed by atoms with Crippen molar-refractivity contribution in [1.29, 1.82) is 0 Å². The number of carbonyl (C=O) groups excluding carboxylic acids is 1. The third-order valence-electron chi connectivity index (χ3n) is 5.02. The second kappa shape index (κ2) is 8.33. The molecule has 0 aliphatic heterocycles. The summed E-state index contributed by atoms with van der Waals surface area (Å²) in [7, 11) is 1.68. The average molecular weight is 384 g/mol. The molecule has 1 radical (unpaired) electrons. The highest BCUT2D eigenvalue weighted by molar-refractivity contribution is 6.08. The molecular formula is C25H22NO3. The quantitative estimate of drug-likeness (QED) is 0.467. The molecule has 1 N–H and O–H groups in total. The first-order valence-electron chi connectivity index (χ1n) is 9.56. The van der Waals surface area contributed by atoms with Gasteiger partial charge in [0.2, 0.25) is 0 Å². The van der Waals surface area contributed by atoms with Gasteiger partial charge in [0.25, 0.3) is 5.91 Å². The Hall–Kier alpha value is -3.37. The van der Waals surface area contributed by atoms with E-state index in [1.807, 2.05) is 67.6 Å². The normalized spacial score (nSPS) is 11.0. The van der Waals surface area contributed by atoms with Crippen molar-refractivity contribution in [3.63, 3.8) is 0 Å². The fourth-order valence-corrected chi connectivity index (χ4v) is 3.61. The summed E-state index contributed by atoms with van der Waals surface area (Å²) in [5.74, 6) is 0.0564. The molecule has 4 heteroatoms. The second-order valence-corrected chi connectivity index (χ2v) is 6.88. The zero-order valence-corrected chi connectivity index (χ0v) is 16.5. The molecule has 4 nitrogen and oxygen atoms in total. The fraction of sp³-hybridized carbons (Fsp3) is 0.160. The molecule has 0 bridgehead atoms. The summed E-state index contributed by atoms with van der Waals surface area (Å²) in [5.41, 5.74) is 5.33. The van der Waals surface area contributed by atoms with Crippen molar-refractivity contribution in [3.8, 4) is 11.1 Å². The summed E-state index contributed by atoms with van der Waals surface area (Å²) >= 11 is 0. The third kappa shape index (κ3) is 3.80. The lowest BCUT2D eigenvalue weighted by Gasteiger charge is -2.10. The molecule has 0 unspecified atom stereocenters. The zero-order valence-electron chi connectivity index (χ0n) is 16.5. The number of nitrogens with one attached hydrogen (secondary N) is 1. The number of furan rings is 1. The average Bonchev–Trinajstić information content (AvgIpc) is 3.10. The molecule has 1 aromatic heterocycles. The number of hydrogen-bond donors (Lipinski definition) is 1. The number of methoxy groups -OCH3 is 1. The zero-order chi connectivity index (χ0) is 20.2. The molecule has 4 aromatic rings. The first-order chi connectivity index (χ1) is 14.2. The van der Waals surface area contributed by atoms with Gasteiger partial charge in [-0.1, -0.05) is 54.6 Å². The van der Waals surface area contributed by atoms with Gasteiger partial charge in [-0.15, -0.1) is 0 Å². The van der Waals surface area contributed by atoms with Crippen LogP contribution in [0.3, 0.4) is 0 Å². The number of anilines is 1. The lowest BCUT2D eigenvalue weighted by molar-refractivity contribution is 0.0998. The van der Waals surface area contributed by atoms with E-state index in [-0.39, 0.29) is 5.91 Å². The first-order valence-corrected chi connectivity index (χ1v) is 9.56. The minimum atomic E-state index is -0.270. The summed E-state index contributed by atoms with van der Waals surface area (Å²) in [5, 5.41) is 3.99. The smallest absolute Gasteiger partial charge is 0.291 e.